The summed E-state index contributed by atoms with van der Waals surface area (Å²) in [5, 5.41) is 2.55. The SMILES string of the molecule is [c]1cc(-c2cccc3ccccc23)ccc1-c1ccccc1. The standard InChI is InChI=1S/C22H15/c1-2-7-17(8-3-1)18-13-15-20(16-14-18)22-12-6-10-19-9-4-5-11-21(19)22/h1-13,15-16H. The Kier molecular flexibility index (Phi) is 3.21. The van der Waals surface area contributed by atoms with Crippen LogP contribution >= 0.6 is 0 Å². The number of hydrogen-bond donors (Lipinski definition) is 0. The molecule has 0 amide bonds. The molecule has 0 nitrogen and oxygen atoms in total. The Morgan fingerprint density at radius 2 is 1.32 bits per heavy atom. The lowest BCUT2D eigenvalue weighted by atomic mass is 9.96. The fourth-order valence-corrected chi connectivity index (χ4v) is 2.87. The Morgan fingerprint density at radius 3 is 2.14 bits per heavy atom. The highest BCUT2D eigenvalue weighted by molar-refractivity contribution is 5.96. The zero-order chi connectivity index (χ0) is 14.8. The molecule has 0 saturated carbocycles. The van der Waals surface area contributed by atoms with Gasteiger partial charge in [0.05, 0.1) is 0 Å². The average molecular weight is 279 g/mol. The van der Waals surface area contributed by atoms with Crippen molar-refractivity contribution in [2.45, 2.75) is 0 Å². The summed E-state index contributed by atoms with van der Waals surface area (Å²) < 4.78 is 0. The maximum absolute atomic E-state index is 3.42. The molecule has 0 bridgehead atoms. The number of rotatable bonds is 2. The van der Waals surface area contributed by atoms with Crippen molar-refractivity contribution in [2.24, 2.45) is 0 Å². The number of hydrogen-bond acceptors (Lipinski definition) is 0. The van der Waals surface area contributed by atoms with Crippen LogP contribution in [0, 0.1) is 6.07 Å². The van der Waals surface area contributed by atoms with Crippen LogP contribution in [0.3, 0.4) is 0 Å². The first kappa shape index (κ1) is 12.8. The first-order valence-corrected chi connectivity index (χ1v) is 7.47. The number of fused-ring (bicyclic) bond motifs is 1. The van der Waals surface area contributed by atoms with Gasteiger partial charge in [-0.15, -0.1) is 0 Å². The van der Waals surface area contributed by atoms with Crippen LogP contribution in [0.25, 0.3) is 33.0 Å². The van der Waals surface area contributed by atoms with Gasteiger partial charge in [-0.1, -0.05) is 84.9 Å². The van der Waals surface area contributed by atoms with E-state index in [0.717, 1.165) is 5.56 Å². The van der Waals surface area contributed by atoms with E-state index in [9.17, 15) is 0 Å². The first-order valence-electron chi connectivity index (χ1n) is 7.47. The smallest absolute Gasteiger partial charge is 0.00928 e. The van der Waals surface area contributed by atoms with Crippen LogP contribution in [0.4, 0.5) is 0 Å². The minimum atomic E-state index is 1.13. The molecule has 0 heterocycles. The molecular formula is C22H15. The third kappa shape index (κ3) is 2.29. The highest BCUT2D eigenvalue weighted by atomic mass is 14.1. The largest absolute Gasteiger partial charge is 0.0622 e. The summed E-state index contributed by atoms with van der Waals surface area (Å²) in [5.41, 5.74) is 4.79. The summed E-state index contributed by atoms with van der Waals surface area (Å²) in [6.45, 7) is 0. The quantitative estimate of drug-likeness (QED) is 0.424. The molecule has 0 aliphatic rings. The van der Waals surface area contributed by atoms with Gasteiger partial charge in [0, 0.05) is 0 Å². The molecule has 1 radical (unpaired) electrons. The van der Waals surface area contributed by atoms with E-state index in [0.29, 0.717) is 0 Å². The van der Waals surface area contributed by atoms with Gasteiger partial charge in [-0.25, -0.2) is 0 Å². The Hall–Kier alpha value is -2.86. The van der Waals surface area contributed by atoms with Crippen LogP contribution in [0.2, 0.25) is 0 Å². The Balaban J connectivity index is 1.80. The van der Waals surface area contributed by atoms with Crippen LogP contribution in [0.15, 0.2) is 91.0 Å². The normalized spacial score (nSPS) is 10.7. The molecular weight excluding hydrogens is 264 g/mol. The van der Waals surface area contributed by atoms with Crippen LogP contribution in [-0.2, 0) is 0 Å². The van der Waals surface area contributed by atoms with E-state index in [2.05, 4.69) is 91.0 Å². The van der Waals surface area contributed by atoms with Crippen molar-refractivity contribution in [2.75, 3.05) is 0 Å². The van der Waals surface area contributed by atoms with Gasteiger partial charge >= 0.3 is 0 Å². The fraction of sp³-hybridized carbons (Fsp3) is 0. The maximum atomic E-state index is 3.42. The lowest BCUT2D eigenvalue weighted by Gasteiger charge is -2.08. The van der Waals surface area contributed by atoms with Crippen LogP contribution in [0.1, 0.15) is 0 Å². The topological polar surface area (TPSA) is 0 Å². The summed E-state index contributed by atoms with van der Waals surface area (Å²) in [7, 11) is 0. The van der Waals surface area contributed by atoms with Gasteiger partial charge in [0.15, 0.2) is 0 Å². The van der Waals surface area contributed by atoms with E-state index >= 15 is 0 Å². The molecule has 4 aromatic rings. The highest BCUT2D eigenvalue weighted by Gasteiger charge is 2.04. The molecule has 103 valence electrons. The lowest BCUT2D eigenvalue weighted by molar-refractivity contribution is 1.59. The van der Waals surface area contributed by atoms with Gasteiger partial charge in [0.25, 0.3) is 0 Å². The highest BCUT2D eigenvalue weighted by Crippen LogP contribution is 2.30. The summed E-state index contributed by atoms with van der Waals surface area (Å²) in [4.78, 5) is 0. The van der Waals surface area contributed by atoms with Crippen molar-refractivity contribution >= 4 is 10.8 Å². The monoisotopic (exact) mass is 279 g/mol. The minimum absolute atomic E-state index is 1.13. The zero-order valence-electron chi connectivity index (χ0n) is 12.2. The zero-order valence-corrected chi connectivity index (χ0v) is 12.2. The predicted molar refractivity (Wildman–Crippen MR) is 93.7 cm³/mol. The minimum Gasteiger partial charge on any atom is -0.0622 e. The average Bonchev–Trinajstić information content (AvgIpc) is 2.62. The molecule has 0 heteroatoms. The molecule has 4 aromatic carbocycles. The van der Waals surface area contributed by atoms with Gasteiger partial charge in [0.1, 0.15) is 0 Å². The summed E-state index contributed by atoms with van der Waals surface area (Å²) in [5.74, 6) is 0. The van der Waals surface area contributed by atoms with Crippen molar-refractivity contribution in [1.82, 2.24) is 0 Å². The molecule has 0 aliphatic heterocycles. The second-order valence-electron chi connectivity index (χ2n) is 5.38. The second-order valence-corrected chi connectivity index (χ2v) is 5.38. The van der Waals surface area contributed by atoms with E-state index in [1.165, 1.54) is 27.5 Å². The molecule has 0 spiro atoms. The molecule has 0 fully saturated rings. The molecule has 4 rings (SSSR count). The van der Waals surface area contributed by atoms with E-state index in [-0.39, 0.29) is 0 Å². The van der Waals surface area contributed by atoms with E-state index in [1.54, 1.807) is 0 Å². The number of benzene rings is 4. The van der Waals surface area contributed by atoms with Crippen LogP contribution in [0.5, 0.6) is 0 Å². The predicted octanol–water partition coefficient (Wildman–Crippen LogP) is 5.97. The Morgan fingerprint density at radius 1 is 0.545 bits per heavy atom. The molecule has 0 aliphatic carbocycles. The van der Waals surface area contributed by atoms with Crippen molar-refractivity contribution in [3.63, 3.8) is 0 Å². The molecule has 0 aromatic heterocycles. The van der Waals surface area contributed by atoms with Gasteiger partial charge in [-0.3, -0.25) is 0 Å². The van der Waals surface area contributed by atoms with E-state index in [4.69, 9.17) is 0 Å². The molecule has 0 atom stereocenters. The Bertz CT molecular complexity index is 898. The summed E-state index contributed by atoms with van der Waals surface area (Å²) >= 11 is 0. The van der Waals surface area contributed by atoms with Gasteiger partial charge in [-0.2, -0.15) is 0 Å². The third-order valence-electron chi connectivity index (χ3n) is 4.00. The van der Waals surface area contributed by atoms with Crippen molar-refractivity contribution in [1.29, 1.82) is 0 Å². The summed E-state index contributed by atoms with van der Waals surface area (Å²) in [6, 6.07) is 35.2. The molecule has 0 saturated heterocycles. The second kappa shape index (κ2) is 5.50. The third-order valence-corrected chi connectivity index (χ3v) is 4.00. The molecule has 22 heavy (non-hydrogen) atoms. The van der Waals surface area contributed by atoms with Crippen molar-refractivity contribution < 1.29 is 0 Å². The molecule has 0 unspecified atom stereocenters. The maximum Gasteiger partial charge on any atom is -0.00928 e. The molecule has 0 N–H and O–H groups in total. The van der Waals surface area contributed by atoms with Gasteiger partial charge < -0.3 is 0 Å². The Labute approximate surface area is 130 Å². The lowest BCUT2D eigenvalue weighted by Crippen LogP contribution is -1.83. The first-order chi connectivity index (χ1) is 10.9. The van der Waals surface area contributed by atoms with Gasteiger partial charge in [0.2, 0.25) is 0 Å². The summed E-state index contributed by atoms with van der Waals surface area (Å²) in [6.07, 6.45) is 0. The van der Waals surface area contributed by atoms with E-state index in [1.807, 2.05) is 6.07 Å². The van der Waals surface area contributed by atoms with Crippen LogP contribution in [-0.4, -0.2) is 0 Å². The fourth-order valence-electron chi connectivity index (χ4n) is 2.87. The van der Waals surface area contributed by atoms with Gasteiger partial charge in [-0.05, 0) is 45.2 Å². The van der Waals surface area contributed by atoms with Crippen molar-refractivity contribution in [3.05, 3.63) is 97.1 Å². The van der Waals surface area contributed by atoms with Crippen molar-refractivity contribution in [3.8, 4) is 22.3 Å². The van der Waals surface area contributed by atoms with E-state index < -0.39 is 0 Å². The van der Waals surface area contributed by atoms with Crippen LogP contribution < -0.4 is 0 Å².